The average molecular weight is 259 g/mol. The number of likely N-dealkylation sites (N-methyl/N-ethyl adjacent to an activating group) is 1. The van der Waals surface area contributed by atoms with Crippen LogP contribution in [0.4, 0.5) is 0 Å². The van der Waals surface area contributed by atoms with Crippen molar-refractivity contribution in [1.29, 1.82) is 0 Å². The molecule has 0 aromatic carbocycles. The second-order valence-corrected chi connectivity index (χ2v) is 5.90. The van der Waals surface area contributed by atoms with Gasteiger partial charge in [0.1, 0.15) is 0 Å². The minimum atomic E-state index is -3.46. The van der Waals surface area contributed by atoms with Crippen LogP contribution in [0.1, 0.15) is 6.92 Å². The topological polar surface area (TPSA) is 71.3 Å². The van der Waals surface area contributed by atoms with E-state index in [9.17, 15) is 8.42 Å². The lowest BCUT2D eigenvalue weighted by molar-refractivity contribution is 0.196. The van der Waals surface area contributed by atoms with Crippen molar-refractivity contribution in [2.75, 3.05) is 32.7 Å². The molecule has 1 saturated heterocycles. The lowest BCUT2D eigenvalue weighted by Gasteiger charge is -2.32. The Bertz CT molecular complexity index is 475. The fourth-order valence-corrected chi connectivity index (χ4v) is 3.17. The summed E-state index contributed by atoms with van der Waals surface area (Å²) in [6.07, 6.45) is 1.29. The minimum Gasteiger partial charge on any atom is -0.301 e. The van der Waals surface area contributed by atoms with E-state index in [1.165, 1.54) is 15.3 Å². The minimum absolute atomic E-state index is 0.0324. The zero-order valence-electron chi connectivity index (χ0n) is 10.1. The highest BCUT2D eigenvalue weighted by Gasteiger charge is 2.30. The number of aromatic nitrogens is 3. The Kier molecular flexibility index (Phi) is 3.45. The Morgan fingerprint density at radius 3 is 2.41 bits per heavy atom. The van der Waals surface area contributed by atoms with Gasteiger partial charge >= 0.3 is 0 Å². The third kappa shape index (κ3) is 2.48. The molecule has 8 heteroatoms. The molecular weight excluding hydrogens is 242 g/mol. The largest absolute Gasteiger partial charge is 0.301 e. The lowest BCUT2D eigenvalue weighted by atomic mass is 10.4. The van der Waals surface area contributed by atoms with Gasteiger partial charge < -0.3 is 4.90 Å². The summed E-state index contributed by atoms with van der Waals surface area (Å²) in [5.41, 5.74) is 0. The predicted molar refractivity (Wildman–Crippen MR) is 61.9 cm³/mol. The van der Waals surface area contributed by atoms with Crippen molar-refractivity contribution in [2.24, 2.45) is 7.05 Å². The molecule has 0 atom stereocenters. The van der Waals surface area contributed by atoms with Crippen molar-refractivity contribution in [2.45, 2.75) is 11.9 Å². The number of hydrogen-bond acceptors (Lipinski definition) is 5. The molecule has 1 aliphatic heterocycles. The van der Waals surface area contributed by atoms with Gasteiger partial charge in [0.2, 0.25) is 5.03 Å². The van der Waals surface area contributed by atoms with Crippen molar-refractivity contribution in [3.05, 3.63) is 6.20 Å². The Balaban J connectivity index is 2.12. The van der Waals surface area contributed by atoms with Crippen LogP contribution in [-0.4, -0.2) is 65.3 Å². The summed E-state index contributed by atoms with van der Waals surface area (Å²) in [5, 5.41) is 7.69. The summed E-state index contributed by atoms with van der Waals surface area (Å²) in [5.74, 6) is 0. The highest BCUT2D eigenvalue weighted by atomic mass is 32.2. The maximum atomic E-state index is 12.2. The van der Waals surface area contributed by atoms with Crippen molar-refractivity contribution >= 4 is 10.0 Å². The Morgan fingerprint density at radius 2 is 1.94 bits per heavy atom. The predicted octanol–water partition coefficient (Wildman–Crippen LogP) is -0.859. The normalized spacial score (nSPS) is 19.6. The Labute approximate surface area is 101 Å². The highest BCUT2D eigenvalue weighted by Crippen LogP contribution is 2.14. The smallest absolute Gasteiger partial charge is 0.264 e. The molecule has 0 bridgehead atoms. The van der Waals surface area contributed by atoms with E-state index < -0.39 is 10.0 Å². The molecule has 1 fully saturated rings. The average Bonchev–Trinajstić information content (AvgIpc) is 2.77. The van der Waals surface area contributed by atoms with Gasteiger partial charge in [-0.2, -0.15) is 14.2 Å². The number of nitrogens with zero attached hydrogens (tertiary/aromatic N) is 5. The molecule has 1 aromatic rings. The molecule has 7 nitrogen and oxygen atoms in total. The Hall–Kier alpha value is -0.990. The van der Waals surface area contributed by atoms with Crippen LogP contribution in [0.25, 0.3) is 0 Å². The van der Waals surface area contributed by atoms with Gasteiger partial charge in [0.15, 0.2) is 0 Å². The lowest BCUT2D eigenvalue weighted by Crippen LogP contribution is -2.48. The first-order valence-corrected chi connectivity index (χ1v) is 7.07. The first-order chi connectivity index (χ1) is 8.04. The quantitative estimate of drug-likeness (QED) is 0.706. The van der Waals surface area contributed by atoms with Crippen LogP contribution in [0.5, 0.6) is 0 Å². The van der Waals surface area contributed by atoms with Crippen molar-refractivity contribution in [3.8, 4) is 0 Å². The van der Waals surface area contributed by atoms with E-state index in [1.54, 1.807) is 7.05 Å². The maximum Gasteiger partial charge on any atom is 0.264 e. The zero-order valence-corrected chi connectivity index (χ0v) is 10.9. The standard InChI is InChI=1S/C9H17N5O2S/c1-3-13-4-6-14(7-5-13)17(15,16)9-8-10-12(2)11-9/h8H,3-7H2,1-2H3. The molecule has 0 N–H and O–H groups in total. The monoisotopic (exact) mass is 259 g/mol. The molecule has 2 heterocycles. The number of rotatable bonds is 3. The molecule has 1 aliphatic rings. The van der Waals surface area contributed by atoms with Gasteiger partial charge in [0.25, 0.3) is 10.0 Å². The van der Waals surface area contributed by atoms with Crippen molar-refractivity contribution in [3.63, 3.8) is 0 Å². The molecule has 1 aromatic heterocycles. The van der Waals surface area contributed by atoms with Gasteiger partial charge in [-0.05, 0) is 6.54 Å². The van der Waals surface area contributed by atoms with Crippen LogP contribution in [0.3, 0.4) is 0 Å². The van der Waals surface area contributed by atoms with Gasteiger partial charge in [-0.15, -0.1) is 5.10 Å². The van der Waals surface area contributed by atoms with E-state index in [2.05, 4.69) is 22.0 Å². The molecule has 0 spiro atoms. The third-order valence-corrected chi connectivity index (χ3v) is 4.72. The molecule has 0 radical (unpaired) electrons. The van der Waals surface area contributed by atoms with Crippen LogP contribution < -0.4 is 0 Å². The van der Waals surface area contributed by atoms with E-state index in [0.717, 1.165) is 19.6 Å². The number of piperazine rings is 1. The molecule has 0 aliphatic carbocycles. The second-order valence-electron chi connectivity index (χ2n) is 4.01. The van der Waals surface area contributed by atoms with Crippen LogP contribution in [0.15, 0.2) is 11.2 Å². The molecule has 0 amide bonds. The molecule has 0 unspecified atom stereocenters. The fourth-order valence-electron chi connectivity index (χ4n) is 1.86. The summed E-state index contributed by atoms with van der Waals surface area (Å²) in [7, 11) is -1.86. The third-order valence-electron chi connectivity index (χ3n) is 2.96. The molecule has 96 valence electrons. The van der Waals surface area contributed by atoms with Crippen LogP contribution in [0.2, 0.25) is 0 Å². The van der Waals surface area contributed by atoms with Crippen LogP contribution >= 0.6 is 0 Å². The molecular formula is C9H17N5O2S. The van der Waals surface area contributed by atoms with E-state index >= 15 is 0 Å². The summed E-state index contributed by atoms with van der Waals surface area (Å²) in [6, 6.07) is 0. The van der Waals surface area contributed by atoms with Crippen LogP contribution in [0, 0.1) is 0 Å². The van der Waals surface area contributed by atoms with Crippen molar-refractivity contribution < 1.29 is 8.42 Å². The van der Waals surface area contributed by atoms with Crippen molar-refractivity contribution in [1.82, 2.24) is 24.2 Å². The summed E-state index contributed by atoms with van der Waals surface area (Å²) in [4.78, 5) is 3.48. The molecule has 17 heavy (non-hydrogen) atoms. The number of hydrogen-bond donors (Lipinski definition) is 0. The summed E-state index contributed by atoms with van der Waals surface area (Å²) in [6.45, 7) is 5.62. The van der Waals surface area contributed by atoms with Gasteiger partial charge in [-0.3, -0.25) is 0 Å². The van der Waals surface area contributed by atoms with E-state index in [-0.39, 0.29) is 5.03 Å². The fraction of sp³-hybridized carbons (Fsp3) is 0.778. The number of sulfonamides is 1. The Morgan fingerprint density at radius 1 is 1.29 bits per heavy atom. The van der Waals surface area contributed by atoms with Gasteiger partial charge in [0.05, 0.1) is 6.20 Å². The summed E-state index contributed by atoms with van der Waals surface area (Å²) < 4.78 is 25.8. The number of aryl methyl sites for hydroxylation is 1. The second kappa shape index (κ2) is 4.71. The maximum absolute atomic E-state index is 12.2. The van der Waals surface area contributed by atoms with Gasteiger partial charge in [0, 0.05) is 33.2 Å². The zero-order chi connectivity index (χ0) is 12.5. The summed E-state index contributed by atoms with van der Waals surface area (Å²) >= 11 is 0. The van der Waals surface area contributed by atoms with E-state index in [1.807, 2.05) is 0 Å². The molecule has 0 saturated carbocycles. The molecule has 2 rings (SSSR count). The first kappa shape index (κ1) is 12.5. The SMILES string of the molecule is CCN1CCN(S(=O)(=O)c2cnn(C)n2)CC1. The van der Waals surface area contributed by atoms with E-state index in [0.29, 0.717) is 13.1 Å². The van der Waals surface area contributed by atoms with Gasteiger partial charge in [-0.1, -0.05) is 6.92 Å². The van der Waals surface area contributed by atoms with Gasteiger partial charge in [-0.25, -0.2) is 8.42 Å². The van der Waals surface area contributed by atoms with E-state index in [4.69, 9.17) is 0 Å². The van der Waals surface area contributed by atoms with Crippen LogP contribution in [-0.2, 0) is 17.1 Å². The first-order valence-electron chi connectivity index (χ1n) is 5.63. The highest BCUT2D eigenvalue weighted by molar-refractivity contribution is 7.89.